The molecule has 2 rings (SSSR count). The fourth-order valence-electron chi connectivity index (χ4n) is 2.17. The molecule has 0 spiro atoms. The van der Waals surface area contributed by atoms with Crippen molar-refractivity contribution in [1.29, 1.82) is 0 Å². The van der Waals surface area contributed by atoms with Crippen LogP contribution >= 0.6 is 0 Å². The molecular formula is C17H16F2O2. The minimum absolute atomic E-state index is 0.121. The molecule has 0 amide bonds. The average molecular weight is 290 g/mol. The average Bonchev–Trinajstić information content (AvgIpc) is 2.45. The van der Waals surface area contributed by atoms with Crippen LogP contribution in [0.15, 0.2) is 42.5 Å². The molecule has 0 unspecified atom stereocenters. The Bertz CT molecular complexity index is 601. The molecule has 1 N–H and O–H groups in total. The molecular weight excluding hydrogens is 274 g/mol. The van der Waals surface area contributed by atoms with Crippen LogP contribution in [0, 0.1) is 11.6 Å². The Hall–Kier alpha value is -2.23. The Kier molecular flexibility index (Phi) is 5.04. The predicted molar refractivity (Wildman–Crippen MR) is 76.4 cm³/mol. The maximum atomic E-state index is 13.4. The van der Waals surface area contributed by atoms with Crippen LogP contribution in [0.3, 0.4) is 0 Å². The Morgan fingerprint density at radius 1 is 0.952 bits per heavy atom. The van der Waals surface area contributed by atoms with E-state index in [0.717, 1.165) is 30.5 Å². The highest BCUT2D eigenvalue weighted by atomic mass is 19.1. The molecule has 4 heteroatoms. The van der Waals surface area contributed by atoms with E-state index < -0.39 is 23.0 Å². The zero-order valence-corrected chi connectivity index (χ0v) is 11.5. The summed E-state index contributed by atoms with van der Waals surface area (Å²) in [6.07, 6.45) is 2.18. The lowest BCUT2D eigenvalue weighted by Crippen LogP contribution is -2.05. The lowest BCUT2D eigenvalue weighted by atomic mass is 10.0. The number of phenolic OH excluding ortho intramolecular Hbond substituents is 1. The van der Waals surface area contributed by atoms with Crippen LogP contribution in [0.25, 0.3) is 0 Å². The van der Waals surface area contributed by atoms with Gasteiger partial charge in [0.05, 0.1) is 5.56 Å². The van der Waals surface area contributed by atoms with Gasteiger partial charge in [0, 0.05) is 6.42 Å². The van der Waals surface area contributed by atoms with Crippen LogP contribution in [0.5, 0.6) is 5.75 Å². The molecule has 0 saturated carbocycles. The number of halogens is 2. The van der Waals surface area contributed by atoms with Gasteiger partial charge in [-0.15, -0.1) is 0 Å². The van der Waals surface area contributed by atoms with E-state index in [9.17, 15) is 13.6 Å². The van der Waals surface area contributed by atoms with E-state index in [1.54, 1.807) is 12.1 Å². The Morgan fingerprint density at radius 3 is 2.19 bits per heavy atom. The van der Waals surface area contributed by atoms with Gasteiger partial charge in [-0.2, -0.15) is 0 Å². The Morgan fingerprint density at radius 2 is 1.57 bits per heavy atom. The number of hydrogen-bond donors (Lipinski definition) is 1. The van der Waals surface area contributed by atoms with Crippen molar-refractivity contribution < 1.29 is 18.7 Å². The highest BCUT2D eigenvalue weighted by Gasteiger charge is 2.16. The number of hydrogen-bond acceptors (Lipinski definition) is 2. The van der Waals surface area contributed by atoms with E-state index in [2.05, 4.69) is 0 Å². The molecule has 0 aromatic heterocycles. The minimum Gasteiger partial charge on any atom is -0.508 e. The van der Waals surface area contributed by atoms with Gasteiger partial charge in [-0.05, 0) is 49.1 Å². The van der Waals surface area contributed by atoms with Crippen molar-refractivity contribution in [3.05, 3.63) is 65.2 Å². The maximum absolute atomic E-state index is 13.4. The highest BCUT2D eigenvalue weighted by molar-refractivity contribution is 5.96. The summed E-state index contributed by atoms with van der Waals surface area (Å²) in [5.41, 5.74) is 0.611. The van der Waals surface area contributed by atoms with Crippen LogP contribution in [-0.2, 0) is 6.42 Å². The zero-order chi connectivity index (χ0) is 15.2. The van der Waals surface area contributed by atoms with Crippen molar-refractivity contribution in [2.45, 2.75) is 25.7 Å². The van der Waals surface area contributed by atoms with E-state index >= 15 is 0 Å². The van der Waals surface area contributed by atoms with Crippen molar-refractivity contribution in [1.82, 2.24) is 0 Å². The maximum Gasteiger partial charge on any atom is 0.168 e. The summed E-state index contributed by atoms with van der Waals surface area (Å²) in [7, 11) is 0. The van der Waals surface area contributed by atoms with E-state index in [4.69, 9.17) is 5.11 Å². The van der Waals surface area contributed by atoms with Crippen LogP contribution in [0.2, 0.25) is 0 Å². The number of rotatable bonds is 6. The second kappa shape index (κ2) is 6.97. The molecule has 0 aliphatic heterocycles. The second-order valence-electron chi connectivity index (χ2n) is 4.89. The zero-order valence-electron chi connectivity index (χ0n) is 11.5. The molecule has 2 nitrogen and oxygen atoms in total. The van der Waals surface area contributed by atoms with Gasteiger partial charge in [-0.3, -0.25) is 4.79 Å². The SMILES string of the molecule is O=C(CCCCc1ccc(O)cc1)c1c(F)cccc1F. The normalized spacial score (nSPS) is 10.6. The van der Waals surface area contributed by atoms with Crippen molar-refractivity contribution >= 4 is 5.78 Å². The molecule has 0 heterocycles. The monoisotopic (exact) mass is 290 g/mol. The summed E-state index contributed by atoms with van der Waals surface area (Å²) in [6, 6.07) is 10.3. The molecule has 0 bridgehead atoms. The molecule has 0 saturated heterocycles. The van der Waals surface area contributed by atoms with E-state index in [0.29, 0.717) is 6.42 Å². The van der Waals surface area contributed by atoms with Crippen LogP contribution in [-0.4, -0.2) is 10.9 Å². The smallest absolute Gasteiger partial charge is 0.168 e. The third-order valence-electron chi connectivity index (χ3n) is 3.30. The first-order valence-corrected chi connectivity index (χ1v) is 6.83. The number of Topliss-reactive ketones (excluding diaryl/α,β-unsaturated/α-hetero) is 1. The number of aryl methyl sites for hydroxylation is 1. The first kappa shape index (κ1) is 15.2. The number of carbonyl (C=O) groups is 1. The largest absolute Gasteiger partial charge is 0.508 e. The van der Waals surface area contributed by atoms with Crippen LogP contribution < -0.4 is 0 Å². The number of aromatic hydroxyl groups is 1. The number of phenols is 1. The lowest BCUT2D eigenvalue weighted by Gasteiger charge is -2.04. The standard InChI is InChI=1S/C17H16F2O2/c18-14-5-3-6-15(19)17(14)16(21)7-2-1-4-12-8-10-13(20)11-9-12/h3,5-6,8-11,20H,1-2,4,7H2. The van der Waals surface area contributed by atoms with E-state index in [1.807, 2.05) is 12.1 Å². The van der Waals surface area contributed by atoms with Gasteiger partial charge >= 0.3 is 0 Å². The van der Waals surface area contributed by atoms with Gasteiger partial charge in [0.25, 0.3) is 0 Å². The molecule has 2 aromatic carbocycles. The molecule has 0 aliphatic rings. The molecule has 21 heavy (non-hydrogen) atoms. The van der Waals surface area contributed by atoms with Crippen LogP contribution in [0.1, 0.15) is 35.2 Å². The Balaban J connectivity index is 1.83. The van der Waals surface area contributed by atoms with Gasteiger partial charge in [0.1, 0.15) is 17.4 Å². The van der Waals surface area contributed by atoms with Crippen molar-refractivity contribution in [3.63, 3.8) is 0 Å². The van der Waals surface area contributed by atoms with Crippen LogP contribution in [0.4, 0.5) is 8.78 Å². The summed E-state index contributed by atoms with van der Waals surface area (Å²) >= 11 is 0. The minimum atomic E-state index is -0.807. The van der Waals surface area contributed by atoms with Gasteiger partial charge in [-0.25, -0.2) is 8.78 Å². The molecule has 2 aromatic rings. The van der Waals surface area contributed by atoms with Crippen molar-refractivity contribution in [3.8, 4) is 5.75 Å². The summed E-state index contributed by atoms with van der Waals surface area (Å²) in [6.45, 7) is 0. The highest BCUT2D eigenvalue weighted by Crippen LogP contribution is 2.17. The summed E-state index contributed by atoms with van der Waals surface area (Å²) in [5, 5.41) is 9.16. The number of unbranched alkanes of at least 4 members (excludes halogenated alkanes) is 1. The number of benzene rings is 2. The van der Waals surface area contributed by atoms with E-state index in [-0.39, 0.29) is 12.2 Å². The fourth-order valence-corrected chi connectivity index (χ4v) is 2.17. The third-order valence-corrected chi connectivity index (χ3v) is 3.30. The third kappa shape index (κ3) is 4.12. The summed E-state index contributed by atoms with van der Waals surface area (Å²) < 4.78 is 26.9. The molecule has 0 radical (unpaired) electrons. The molecule has 0 aliphatic carbocycles. The van der Waals surface area contributed by atoms with Gasteiger partial charge in [-0.1, -0.05) is 18.2 Å². The summed E-state index contributed by atoms with van der Waals surface area (Å²) in [4.78, 5) is 11.8. The number of ketones is 1. The quantitative estimate of drug-likeness (QED) is 0.637. The number of carbonyl (C=O) groups excluding carboxylic acids is 1. The topological polar surface area (TPSA) is 37.3 Å². The second-order valence-corrected chi connectivity index (χ2v) is 4.89. The Labute approximate surface area is 122 Å². The molecule has 0 atom stereocenters. The van der Waals surface area contributed by atoms with Gasteiger partial charge in [0.2, 0.25) is 0 Å². The van der Waals surface area contributed by atoms with Gasteiger partial charge in [0.15, 0.2) is 5.78 Å². The van der Waals surface area contributed by atoms with Crippen molar-refractivity contribution in [2.24, 2.45) is 0 Å². The molecule has 110 valence electrons. The molecule has 0 fully saturated rings. The first-order valence-electron chi connectivity index (χ1n) is 6.83. The van der Waals surface area contributed by atoms with Gasteiger partial charge < -0.3 is 5.11 Å². The fraction of sp³-hybridized carbons (Fsp3) is 0.235. The first-order chi connectivity index (χ1) is 10.1. The predicted octanol–water partition coefficient (Wildman–Crippen LogP) is 4.27. The lowest BCUT2D eigenvalue weighted by molar-refractivity contribution is 0.0971. The van der Waals surface area contributed by atoms with E-state index in [1.165, 1.54) is 6.07 Å². The summed E-state index contributed by atoms with van der Waals surface area (Å²) in [5.74, 6) is -1.91. The van der Waals surface area contributed by atoms with Crippen molar-refractivity contribution in [2.75, 3.05) is 0 Å².